The zero-order chi connectivity index (χ0) is 38.8. The van der Waals surface area contributed by atoms with E-state index in [2.05, 4.69) is 30.1 Å². The molecular formula is C40H43N9O6S. The van der Waals surface area contributed by atoms with E-state index in [0.29, 0.717) is 29.4 Å². The summed E-state index contributed by atoms with van der Waals surface area (Å²) >= 11 is 0. The van der Waals surface area contributed by atoms with Crippen LogP contribution in [-0.2, 0) is 26.0 Å². The van der Waals surface area contributed by atoms with Crippen LogP contribution in [-0.4, -0.2) is 116 Å². The molecule has 4 aromatic rings. The molecule has 4 saturated heterocycles. The predicted octanol–water partition coefficient (Wildman–Crippen LogP) is 2.85. The van der Waals surface area contributed by atoms with Gasteiger partial charge in [-0.15, -0.1) is 0 Å². The van der Waals surface area contributed by atoms with Gasteiger partial charge in [0.15, 0.2) is 0 Å². The number of hydrogen-bond donors (Lipinski definition) is 3. The molecule has 5 aliphatic heterocycles. The van der Waals surface area contributed by atoms with Gasteiger partial charge >= 0.3 is 0 Å². The summed E-state index contributed by atoms with van der Waals surface area (Å²) in [6.45, 7) is 6.19. The van der Waals surface area contributed by atoms with E-state index >= 15 is 0 Å². The number of sulfonamides is 1. The molecular weight excluding hydrogens is 735 g/mol. The van der Waals surface area contributed by atoms with Crippen molar-refractivity contribution in [3.63, 3.8) is 0 Å². The van der Waals surface area contributed by atoms with E-state index in [9.17, 15) is 27.6 Å². The first-order valence-electron chi connectivity index (χ1n) is 19.1. The molecule has 56 heavy (non-hydrogen) atoms. The number of likely N-dealkylation sites (tertiary alicyclic amines) is 1. The van der Waals surface area contributed by atoms with Crippen molar-refractivity contribution in [2.24, 2.45) is 5.41 Å². The van der Waals surface area contributed by atoms with Gasteiger partial charge in [0.2, 0.25) is 27.8 Å². The summed E-state index contributed by atoms with van der Waals surface area (Å²) in [5.74, 6) is -0.446. The number of amides is 4. The fraction of sp³-hybridized carbons (Fsp3) is 0.400. The molecule has 0 saturated carbocycles. The normalized spacial score (nSPS) is 21.2. The molecule has 0 aliphatic carbocycles. The SMILES string of the molecule is CS(=O)(=O)Nc1ccc(CCNc2nc(N3CC(N4CCC5(CC4)CN(c4ccc6c(c4)C(=O)N(C4CCC(=O)NC4=O)C6=O)C5)C3)nc3ccccc23)cc1. The van der Waals surface area contributed by atoms with Crippen LogP contribution >= 0.6 is 0 Å². The number of fused-ring (bicyclic) bond motifs is 2. The van der Waals surface area contributed by atoms with Gasteiger partial charge < -0.3 is 15.1 Å². The highest BCUT2D eigenvalue weighted by Gasteiger charge is 2.48. The molecule has 3 aromatic carbocycles. The number of hydrogen-bond acceptors (Lipinski definition) is 12. The standard InChI is InChI=1S/C40H43N9O6S/c1-56(54,55)45-26-8-6-25(7-9-26)14-17-41-35-30-4-2-3-5-32(30)42-39(44-35)47-21-28(22-47)46-18-15-40(16-19-46)23-48(24-40)27-10-11-29-31(20-27)38(53)49(37(29)52)33-12-13-34(50)43-36(33)51/h2-11,20,28,33,45H,12-19,21-24H2,1H3,(H,41,42,44)(H,43,50,51). The van der Waals surface area contributed by atoms with Gasteiger partial charge in [0.1, 0.15) is 11.9 Å². The number of nitrogens with zero attached hydrogens (tertiary/aromatic N) is 6. The first kappa shape index (κ1) is 36.1. The van der Waals surface area contributed by atoms with Gasteiger partial charge in [0, 0.05) is 67.4 Å². The lowest BCUT2D eigenvalue weighted by molar-refractivity contribution is -0.136. The van der Waals surface area contributed by atoms with Crippen molar-refractivity contribution < 1.29 is 27.6 Å². The Morgan fingerprint density at radius 2 is 1.61 bits per heavy atom. The molecule has 15 nitrogen and oxygen atoms in total. The second-order valence-electron chi connectivity index (χ2n) is 15.8. The van der Waals surface area contributed by atoms with Gasteiger partial charge in [0.25, 0.3) is 11.8 Å². The van der Waals surface area contributed by atoms with Gasteiger partial charge in [-0.05, 0) is 86.8 Å². The molecule has 6 heterocycles. The minimum atomic E-state index is -3.32. The molecule has 0 bridgehead atoms. The van der Waals surface area contributed by atoms with Gasteiger partial charge in [-0.2, -0.15) is 4.98 Å². The summed E-state index contributed by atoms with van der Waals surface area (Å²) in [5.41, 5.74) is 4.24. The van der Waals surface area contributed by atoms with Gasteiger partial charge in [0.05, 0.1) is 22.9 Å². The summed E-state index contributed by atoms with van der Waals surface area (Å²) in [6, 6.07) is 20.2. The van der Waals surface area contributed by atoms with Crippen LogP contribution in [0.1, 0.15) is 52.0 Å². The molecule has 1 unspecified atom stereocenters. The Morgan fingerprint density at radius 3 is 2.34 bits per heavy atom. The van der Waals surface area contributed by atoms with Crippen molar-refractivity contribution in [2.45, 2.75) is 44.2 Å². The quantitative estimate of drug-likeness (QED) is 0.201. The van der Waals surface area contributed by atoms with Crippen LogP contribution in [0.5, 0.6) is 0 Å². The maximum absolute atomic E-state index is 13.3. The zero-order valence-electron chi connectivity index (χ0n) is 31.0. The minimum Gasteiger partial charge on any atom is -0.370 e. The molecule has 16 heteroatoms. The fourth-order valence-corrected chi connectivity index (χ4v) is 9.31. The first-order valence-corrected chi connectivity index (χ1v) is 21.0. The molecule has 1 aromatic heterocycles. The van der Waals surface area contributed by atoms with Crippen LogP contribution in [0.25, 0.3) is 10.9 Å². The van der Waals surface area contributed by atoms with E-state index in [4.69, 9.17) is 9.97 Å². The van der Waals surface area contributed by atoms with Crippen molar-refractivity contribution >= 4 is 67.7 Å². The number of nitrogens with one attached hydrogen (secondary N) is 3. The number of rotatable bonds is 10. The number of piperidine rings is 2. The van der Waals surface area contributed by atoms with Gasteiger partial charge in [-0.3, -0.25) is 39.0 Å². The van der Waals surface area contributed by atoms with E-state index in [0.717, 1.165) is 104 Å². The third-order valence-corrected chi connectivity index (χ3v) is 12.5. The number of aromatic nitrogens is 2. The summed E-state index contributed by atoms with van der Waals surface area (Å²) in [6.07, 6.45) is 4.28. The Labute approximate surface area is 324 Å². The molecule has 0 radical (unpaired) electrons. The summed E-state index contributed by atoms with van der Waals surface area (Å²) in [4.78, 5) is 68.6. The highest BCUT2D eigenvalue weighted by molar-refractivity contribution is 7.92. The number of carbonyl (C=O) groups excluding carboxylic acids is 4. The number of carbonyl (C=O) groups is 4. The average molecular weight is 778 g/mol. The van der Waals surface area contributed by atoms with Crippen molar-refractivity contribution in [3.8, 4) is 0 Å². The molecule has 1 spiro atoms. The Kier molecular flexibility index (Phi) is 8.91. The average Bonchev–Trinajstić information content (AvgIpc) is 3.38. The van der Waals surface area contributed by atoms with Gasteiger partial charge in [-0.1, -0.05) is 24.3 Å². The van der Waals surface area contributed by atoms with E-state index < -0.39 is 39.7 Å². The van der Waals surface area contributed by atoms with E-state index in [1.807, 2.05) is 42.5 Å². The Balaban J connectivity index is 0.774. The molecule has 9 rings (SSSR count). The Hall–Kier alpha value is -5.61. The Morgan fingerprint density at radius 1 is 0.875 bits per heavy atom. The number of imide groups is 2. The molecule has 3 N–H and O–H groups in total. The number of anilines is 4. The smallest absolute Gasteiger partial charge is 0.262 e. The summed E-state index contributed by atoms with van der Waals surface area (Å²) in [5, 5.41) is 6.73. The van der Waals surface area contributed by atoms with Crippen LogP contribution in [0.3, 0.4) is 0 Å². The van der Waals surface area contributed by atoms with Crippen LogP contribution < -0.4 is 25.2 Å². The van der Waals surface area contributed by atoms with Crippen molar-refractivity contribution in [1.82, 2.24) is 25.1 Å². The molecule has 1 atom stereocenters. The summed E-state index contributed by atoms with van der Waals surface area (Å²) < 4.78 is 25.6. The molecule has 290 valence electrons. The molecule has 4 amide bonds. The lowest BCUT2D eigenvalue weighted by Crippen LogP contribution is -2.65. The second kappa shape index (κ2) is 13.8. The van der Waals surface area contributed by atoms with Crippen LogP contribution in [0.2, 0.25) is 0 Å². The van der Waals surface area contributed by atoms with E-state index in [1.54, 1.807) is 24.3 Å². The van der Waals surface area contributed by atoms with Crippen LogP contribution in [0, 0.1) is 5.41 Å². The maximum Gasteiger partial charge on any atom is 0.262 e. The summed E-state index contributed by atoms with van der Waals surface area (Å²) in [7, 11) is -3.32. The highest BCUT2D eigenvalue weighted by atomic mass is 32.2. The third kappa shape index (κ3) is 6.80. The monoisotopic (exact) mass is 777 g/mol. The van der Waals surface area contributed by atoms with Crippen molar-refractivity contribution in [2.75, 3.05) is 71.9 Å². The number of benzene rings is 3. The topological polar surface area (TPSA) is 177 Å². The van der Waals surface area contributed by atoms with Gasteiger partial charge in [-0.25, -0.2) is 13.4 Å². The maximum atomic E-state index is 13.3. The predicted molar refractivity (Wildman–Crippen MR) is 211 cm³/mol. The first-order chi connectivity index (χ1) is 26.9. The van der Waals surface area contributed by atoms with Crippen molar-refractivity contribution in [3.05, 3.63) is 83.4 Å². The lowest BCUT2D eigenvalue weighted by Gasteiger charge is -2.57. The number of para-hydroxylation sites is 1. The zero-order valence-corrected chi connectivity index (χ0v) is 31.8. The van der Waals surface area contributed by atoms with E-state index in [1.165, 1.54) is 0 Å². The lowest BCUT2D eigenvalue weighted by atomic mass is 9.71. The van der Waals surface area contributed by atoms with E-state index in [-0.39, 0.29) is 18.3 Å². The molecule has 4 fully saturated rings. The second-order valence-corrected chi connectivity index (χ2v) is 17.5. The van der Waals surface area contributed by atoms with Crippen LogP contribution in [0.4, 0.5) is 23.1 Å². The van der Waals surface area contributed by atoms with Crippen LogP contribution in [0.15, 0.2) is 66.7 Å². The largest absolute Gasteiger partial charge is 0.370 e. The Bertz CT molecular complexity index is 2370. The molecule has 5 aliphatic rings. The fourth-order valence-electron chi connectivity index (χ4n) is 8.75. The third-order valence-electron chi connectivity index (χ3n) is 11.9. The minimum absolute atomic E-state index is 0.0929. The highest BCUT2D eigenvalue weighted by Crippen LogP contribution is 2.44. The van der Waals surface area contributed by atoms with Crippen molar-refractivity contribution in [1.29, 1.82) is 0 Å².